The summed E-state index contributed by atoms with van der Waals surface area (Å²) in [5.74, 6) is -2.21. The third-order valence-corrected chi connectivity index (χ3v) is 6.60. The van der Waals surface area contributed by atoms with Crippen molar-refractivity contribution in [3.8, 4) is 0 Å². The summed E-state index contributed by atoms with van der Waals surface area (Å²) in [4.78, 5) is 37.6. The second-order valence-corrected chi connectivity index (χ2v) is 9.39. The van der Waals surface area contributed by atoms with E-state index in [2.05, 4.69) is 20.3 Å². The fourth-order valence-electron chi connectivity index (χ4n) is 4.63. The number of nitrogen functional groups attached to an aromatic ring is 1. The molecule has 0 spiro atoms. The molecular formula is C25H30F3N7O5. The van der Waals surface area contributed by atoms with Crippen LogP contribution in [0, 0.1) is 0 Å². The zero-order chi connectivity index (χ0) is 28.9. The molecule has 4 rings (SSSR count). The molecule has 0 unspecified atom stereocenters. The Hall–Kier alpha value is -3.82. The molecule has 1 amide bonds. The predicted molar refractivity (Wildman–Crippen MR) is 137 cm³/mol. The number of nitrogens with zero attached hydrogens (tertiary/aromatic N) is 4. The number of ketones is 1. The number of unbranched alkanes of at least 4 members (excludes halogenated alkanes) is 3. The Morgan fingerprint density at radius 2 is 1.82 bits per heavy atom. The first-order valence-corrected chi connectivity index (χ1v) is 12.7. The summed E-state index contributed by atoms with van der Waals surface area (Å²) < 4.78 is 44.3. The van der Waals surface area contributed by atoms with E-state index in [9.17, 15) is 33.0 Å². The van der Waals surface area contributed by atoms with Crippen LogP contribution in [0.2, 0.25) is 0 Å². The number of hydrogen-bond donors (Lipinski definition) is 5. The summed E-state index contributed by atoms with van der Waals surface area (Å²) in [7, 11) is 0. The lowest BCUT2D eigenvalue weighted by molar-refractivity contribution is -0.173. The topological polar surface area (TPSA) is 178 Å². The van der Waals surface area contributed by atoms with Crippen LogP contribution >= 0.6 is 0 Å². The van der Waals surface area contributed by atoms with Crippen LogP contribution in [0.1, 0.15) is 42.5 Å². The van der Waals surface area contributed by atoms with Crippen molar-refractivity contribution in [2.75, 3.05) is 30.7 Å². The molecule has 1 aromatic carbocycles. The maximum absolute atomic E-state index is 14.0. The summed E-state index contributed by atoms with van der Waals surface area (Å²) in [5.41, 5.74) is 4.93. The third-order valence-electron chi connectivity index (χ3n) is 6.60. The number of ether oxygens (including phenoxy) is 1. The maximum atomic E-state index is 14.0. The second kappa shape index (κ2) is 12.1. The first-order chi connectivity index (χ1) is 19.1. The Balaban J connectivity index is 1.55. The van der Waals surface area contributed by atoms with Crippen molar-refractivity contribution in [2.24, 2.45) is 0 Å². The molecule has 3 aromatic rings. The normalized spacial score (nSPS) is 21.0. The number of carbonyl (C=O) groups excluding carboxylic acids is 2. The number of anilines is 2. The van der Waals surface area contributed by atoms with Crippen LogP contribution < -0.4 is 16.4 Å². The highest BCUT2D eigenvalue weighted by Crippen LogP contribution is 2.42. The summed E-state index contributed by atoms with van der Waals surface area (Å²) >= 11 is 0. The monoisotopic (exact) mass is 565 g/mol. The molecule has 0 aliphatic carbocycles. The average Bonchev–Trinajstić information content (AvgIpc) is 3.48. The Bertz CT molecular complexity index is 1340. The highest BCUT2D eigenvalue weighted by Gasteiger charge is 2.54. The molecule has 216 valence electrons. The Labute approximate surface area is 226 Å². The van der Waals surface area contributed by atoms with Crippen LogP contribution in [0.15, 0.2) is 36.7 Å². The van der Waals surface area contributed by atoms with Gasteiger partial charge in [0, 0.05) is 25.1 Å². The highest BCUT2D eigenvalue weighted by atomic mass is 19.4. The zero-order valence-corrected chi connectivity index (χ0v) is 21.4. The van der Waals surface area contributed by atoms with Gasteiger partial charge in [-0.05, 0) is 12.8 Å². The van der Waals surface area contributed by atoms with E-state index in [0.29, 0.717) is 37.8 Å². The van der Waals surface area contributed by atoms with Crippen molar-refractivity contribution in [1.82, 2.24) is 24.8 Å². The van der Waals surface area contributed by atoms with Gasteiger partial charge in [0.15, 0.2) is 17.0 Å². The number of benzene rings is 1. The summed E-state index contributed by atoms with van der Waals surface area (Å²) in [6, 6.07) is 8.35. The van der Waals surface area contributed by atoms with E-state index in [-0.39, 0.29) is 35.9 Å². The standard InChI is InChI=1S/C25H30F3N7O5/c26-25(27,28)22(39)30-10-6-1-2-7-11-31-23-34-18-20(29)32-14-33-21(18)35(23)24(12-16(37)17(13-36)40-24)19(38)15-8-4-3-5-9-15/h3-5,8-9,14,16-17,36-37H,1-2,6-7,10-13H2,(H,30,39)(H,31,34)(H2,29,32,33)/t16-,17+,24-/m0/s1. The number of imidazole rings is 1. The van der Waals surface area contributed by atoms with Gasteiger partial charge in [-0.2, -0.15) is 13.2 Å². The van der Waals surface area contributed by atoms with E-state index in [1.54, 1.807) is 30.3 Å². The molecule has 12 nitrogen and oxygen atoms in total. The van der Waals surface area contributed by atoms with E-state index in [1.807, 2.05) is 5.32 Å². The van der Waals surface area contributed by atoms with Gasteiger partial charge < -0.3 is 31.3 Å². The third kappa shape index (κ3) is 6.00. The van der Waals surface area contributed by atoms with E-state index in [0.717, 1.165) is 0 Å². The number of alkyl halides is 3. The predicted octanol–water partition coefficient (Wildman–Crippen LogP) is 1.74. The second-order valence-electron chi connectivity index (χ2n) is 9.39. The Kier molecular flexibility index (Phi) is 8.85. The van der Waals surface area contributed by atoms with E-state index in [1.165, 1.54) is 10.9 Å². The number of aliphatic hydroxyl groups is 2. The molecule has 2 aromatic heterocycles. The van der Waals surface area contributed by atoms with E-state index >= 15 is 0 Å². The number of nitrogens with one attached hydrogen (secondary N) is 2. The fraction of sp³-hybridized carbons (Fsp3) is 0.480. The minimum absolute atomic E-state index is 0.0623. The molecule has 3 heterocycles. The number of rotatable bonds is 12. The summed E-state index contributed by atoms with van der Waals surface area (Å²) in [5, 5.41) is 25.5. The molecule has 0 saturated carbocycles. The number of aliphatic hydroxyl groups excluding tert-OH is 2. The Morgan fingerprint density at radius 3 is 2.48 bits per heavy atom. The first kappa shape index (κ1) is 29.2. The van der Waals surface area contributed by atoms with E-state index < -0.39 is 42.4 Å². The van der Waals surface area contributed by atoms with Crippen molar-refractivity contribution in [1.29, 1.82) is 0 Å². The molecule has 3 atom stereocenters. The maximum Gasteiger partial charge on any atom is 0.471 e. The van der Waals surface area contributed by atoms with Gasteiger partial charge in [0.25, 0.3) is 0 Å². The van der Waals surface area contributed by atoms with Crippen LogP contribution in [-0.4, -0.2) is 79.5 Å². The largest absolute Gasteiger partial charge is 0.471 e. The van der Waals surface area contributed by atoms with Crippen LogP contribution in [-0.2, 0) is 15.3 Å². The number of aromatic nitrogens is 4. The minimum atomic E-state index is -4.90. The zero-order valence-electron chi connectivity index (χ0n) is 21.4. The van der Waals surface area contributed by atoms with Crippen molar-refractivity contribution in [2.45, 2.75) is 56.2 Å². The average molecular weight is 566 g/mol. The van der Waals surface area contributed by atoms with Crippen molar-refractivity contribution < 1.29 is 37.7 Å². The fourth-order valence-corrected chi connectivity index (χ4v) is 4.63. The quantitative estimate of drug-likeness (QED) is 0.161. The molecule has 1 aliphatic heterocycles. The number of amides is 1. The Morgan fingerprint density at radius 1 is 1.12 bits per heavy atom. The lowest BCUT2D eigenvalue weighted by Crippen LogP contribution is -2.43. The molecule has 40 heavy (non-hydrogen) atoms. The van der Waals surface area contributed by atoms with Gasteiger partial charge in [0.1, 0.15) is 12.4 Å². The smallest absolute Gasteiger partial charge is 0.394 e. The van der Waals surface area contributed by atoms with E-state index in [4.69, 9.17) is 10.5 Å². The summed E-state index contributed by atoms with van der Waals surface area (Å²) in [6.45, 7) is -0.261. The molecule has 1 fully saturated rings. The van der Waals surface area contributed by atoms with Gasteiger partial charge in [0.05, 0.1) is 12.7 Å². The van der Waals surface area contributed by atoms with Gasteiger partial charge in [-0.15, -0.1) is 0 Å². The molecule has 0 radical (unpaired) electrons. The number of Topliss-reactive ketones (excluding diaryl/α,β-unsaturated/α-hetero) is 1. The number of carbonyl (C=O) groups is 2. The lowest BCUT2D eigenvalue weighted by atomic mass is 9.96. The van der Waals surface area contributed by atoms with Crippen LogP contribution in [0.25, 0.3) is 11.2 Å². The van der Waals surface area contributed by atoms with Crippen molar-refractivity contribution in [3.63, 3.8) is 0 Å². The lowest BCUT2D eigenvalue weighted by Gasteiger charge is -2.31. The number of fused-ring (bicyclic) bond motifs is 1. The van der Waals surface area contributed by atoms with Gasteiger partial charge in [-0.3, -0.25) is 14.2 Å². The molecule has 0 bridgehead atoms. The van der Waals surface area contributed by atoms with Gasteiger partial charge in [-0.25, -0.2) is 15.0 Å². The minimum Gasteiger partial charge on any atom is -0.394 e. The molecule has 6 N–H and O–H groups in total. The van der Waals surface area contributed by atoms with Gasteiger partial charge >= 0.3 is 12.1 Å². The first-order valence-electron chi connectivity index (χ1n) is 12.7. The summed E-state index contributed by atoms with van der Waals surface area (Å²) in [6.07, 6.45) is -3.94. The van der Waals surface area contributed by atoms with Crippen molar-refractivity contribution in [3.05, 3.63) is 42.2 Å². The van der Waals surface area contributed by atoms with Crippen LogP contribution in [0.4, 0.5) is 24.9 Å². The number of nitrogens with two attached hydrogens (primary N) is 1. The van der Waals surface area contributed by atoms with Crippen molar-refractivity contribution >= 4 is 34.6 Å². The molecule has 15 heteroatoms. The van der Waals surface area contributed by atoms with Crippen LogP contribution in [0.3, 0.4) is 0 Å². The molecule has 1 saturated heterocycles. The SMILES string of the molecule is Nc1ncnc2c1nc(NCCCCCCNC(=O)C(F)(F)F)n2[C@@]1(C(=O)c2ccccc2)C[C@H](O)[C@@H](CO)O1. The van der Waals surface area contributed by atoms with Crippen LogP contribution in [0.5, 0.6) is 0 Å². The highest BCUT2D eigenvalue weighted by molar-refractivity contribution is 6.02. The number of hydrogen-bond acceptors (Lipinski definition) is 10. The van der Waals surface area contributed by atoms with Gasteiger partial charge in [0.2, 0.25) is 17.5 Å². The van der Waals surface area contributed by atoms with Gasteiger partial charge in [-0.1, -0.05) is 43.2 Å². The number of halogens is 3. The molecular weight excluding hydrogens is 535 g/mol. The molecule has 1 aliphatic rings.